The number of carbonyl (C=O) groups excluding carboxylic acids is 1. The quantitative estimate of drug-likeness (QED) is 0.894. The van der Waals surface area contributed by atoms with Gasteiger partial charge in [0, 0.05) is 24.0 Å². The van der Waals surface area contributed by atoms with Crippen molar-refractivity contribution in [2.75, 3.05) is 13.1 Å². The fourth-order valence-electron chi connectivity index (χ4n) is 2.46. The number of aliphatic hydroxyl groups is 1. The van der Waals surface area contributed by atoms with Crippen molar-refractivity contribution in [2.24, 2.45) is 0 Å². The van der Waals surface area contributed by atoms with Gasteiger partial charge < -0.3 is 14.4 Å². The van der Waals surface area contributed by atoms with Crippen molar-refractivity contribution in [3.8, 4) is 0 Å². The van der Waals surface area contributed by atoms with Crippen LogP contribution in [-0.2, 0) is 11.2 Å². The lowest BCUT2D eigenvalue weighted by molar-refractivity contribution is -0.140. The Morgan fingerprint density at radius 3 is 2.84 bits per heavy atom. The number of aryl methyl sites for hydroxylation is 2. The van der Waals surface area contributed by atoms with Crippen molar-refractivity contribution in [2.45, 2.75) is 26.4 Å². The topological polar surface area (TPSA) is 53.7 Å². The number of amides is 1. The van der Waals surface area contributed by atoms with Crippen molar-refractivity contribution in [1.82, 2.24) is 4.90 Å². The zero-order chi connectivity index (χ0) is 13.6. The highest BCUT2D eigenvalue weighted by Gasteiger charge is 2.29. The van der Waals surface area contributed by atoms with E-state index in [2.05, 4.69) is 6.07 Å². The molecule has 4 nitrogen and oxygen atoms in total. The van der Waals surface area contributed by atoms with E-state index in [0.29, 0.717) is 19.5 Å². The number of nitrogens with zero attached hydrogens (tertiary/aromatic N) is 1. The van der Waals surface area contributed by atoms with Gasteiger partial charge in [-0.1, -0.05) is 12.1 Å². The van der Waals surface area contributed by atoms with Crippen LogP contribution in [-0.4, -0.2) is 35.1 Å². The first kappa shape index (κ1) is 12.2. The zero-order valence-electron chi connectivity index (χ0n) is 11.1. The van der Waals surface area contributed by atoms with Gasteiger partial charge in [-0.05, 0) is 25.0 Å². The summed E-state index contributed by atoms with van der Waals surface area (Å²) < 4.78 is 5.59. The summed E-state index contributed by atoms with van der Waals surface area (Å²) in [5, 5.41) is 10.2. The first-order valence-electron chi connectivity index (χ1n) is 6.48. The van der Waals surface area contributed by atoms with Gasteiger partial charge in [0.2, 0.25) is 5.91 Å². The number of hydrogen-bond acceptors (Lipinski definition) is 3. The maximum atomic E-state index is 12.0. The highest BCUT2D eigenvalue weighted by molar-refractivity contribution is 5.89. The molecule has 3 rings (SSSR count). The maximum Gasteiger partial charge on any atom is 0.227 e. The smallest absolute Gasteiger partial charge is 0.227 e. The summed E-state index contributed by atoms with van der Waals surface area (Å²) in [7, 11) is 0. The molecular formula is C15H17NO3. The van der Waals surface area contributed by atoms with Crippen molar-refractivity contribution in [1.29, 1.82) is 0 Å². The van der Waals surface area contributed by atoms with E-state index in [-0.39, 0.29) is 12.0 Å². The summed E-state index contributed by atoms with van der Waals surface area (Å²) in [6.45, 7) is 4.97. The number of carbonyl (C=O) groups is 1. The molecule has 2 aromatic rings. The van der Waals surface area contributed by atoms with Crippen LogP contribution >= 0.6 is 0 Å². The molecule has 1 aromatic carbocycles. The van der Waals surface area contributed by atoms with E-state index in [1.807, 2.05) is 19.9 Å². The number of furan rings is 1. The van der Waals surface area contributed by atoms with Crippen molar-refractivity contribution >= 4 is 16.9 Å². The Bertz CT molecular complexity index is 638. The largest absolute Gasteiger partial charge is 0.464 e. The second kappa shape index (κ2) is 4.38. The van der Waals surface area contributed by atoms with Gasteiger partial charge in [0.05, 0.1) is 18.8 Å². The minimum Gasteiger partial charge on any atom is -0.464 e. The van der Waals surface area contributed by atoms with Crippen LogP contribution in [0.4, 0.5) is 0 Å². The third-order valence-corrected chi connectivity index (χ3v) is 3.90. The molecule has 0 bridgehead atoms. The highest BCUT2D eigenvalue weighted by Crippen LogP contribution is 2.27. The molecule has 1 amide bonds. The molecule has 0 unspecified atom stereocenters. The number of benzene rings is 1. The molecule has 19 heavy (non-hydrogen) atoms. The molecule has 0 saturated carbocycles. The van der Waals surface area contributed by atoms with Gasteiger partial charge in [0.25, 0.3) is 0 Å². The van der Waals surface area contributed by atoms with Crippen LogP contribution in [0.3, 0.4) is 0 Å². The van der Waals surface area contributed by atoms with Crippen LogP contribution in [0.1, 0.15) is 16.7 Å². The van der Waals surface area contributed by atoms with Gasteiger partial charge in [0.1, 0.15) is 5.58 Å². The van der Waals surface area contributed by atoms with E-state index in [1.54, 1.807) is 11.2 Å². The fraction of sp³-hybridized carbons (Fsp3) is 0.400. The molecule has 2 heterocycles. The molecule has 1 aliphatic heterocycles. The Labute approximate surface area is 111 Å². The molecule has 100 valence electrons. The van der Waals surface area contributed by atoms with Gasteiger partial charge in [-0.15, -0.1) is 0 Å². The molecule has 0 atom stereocenters. The molecule has 4 heteroatoms. The minimum atomic E-state index is -0.352. The predicted molar refractivity (Wildman–Crippen MR) is 72.0 cm³/mol. The molecule has 1 fully saturated rings. The third kappa shape index (κ3) is 2.02. The lowest BCUT2D eigenvalue weighted by Gasteiger charge is -2.35. The summed E-state index contributed by atoms with van der Waals surface area (Å²) in [5.41, 5.74) is 4.09. The SMILES string of the molecule is Cc1ccc2c(CC(=O)N3CC(O)C3)coc2c1C. The minimum absolute atomic E-state index is 0.0474. The number of β-amino-alcohol motifs (C(OH)–C–C–N with tert-alkyl or cyclic N) is 1. The number of fused-ring (bicyclic) bond motifs is 1. The molecule has 0 spiro atoms. The van der Waals surface area contributed by atoms with Crippen LogP contribution in [0.5, 0.6) is 0 Å². The third-order valence-electron chi connectivity index (χ3n) is 3.90. The van der Waals surface area contributed by atoms with Gasteiger partial charge >= 0.3 is 0 Å². The number of rotatable bonds is 2. The van der Waals surface area contributed by atoms with Gasteiger partial charge in [-0.25, -0.2) is 0 Å². The monoisotopic (exact) mass is 259 g/mol. The van der Waals surface area contributed by atoms with E-state index in [9.17, 15) is 9.90 Å². The fourth-order valence-corrected chi connectivity index (χ4v) is 2.46. The Morgan fingerprint density at radius 1 is 1.42 bits per heavy atom. The summed E-state index contributed by atoms with van der Waals surface area (Å²) in [5.74, 6) is 0.0474. The summed E-state index contributed by atoms with van der Waals surface area (Å²) >= 11 is 0. The molecule has 1 aliphatic rings. The number of aliphatic hydroxyl groups excluding tert-OH is 1. The van der Waals surface area contributed by atoms with E-state index in [0.717, 1.165) is 22.1 Å². The Hall–Kier alpha value is -1.81. The summed E-state index contributed by atoms with van der Waals surface area (Å²) in [6.07, 6.45) is 1.66. The van der Waals surface area contributed by atoms with Gasteiger partial charge in [-0.3, -0.25) is 4.79 Å². The average molecular weight is 259 g/mol. The number of likely N-dealkylation sites (tertiary alicyclic amines) is 1. The highest BCUT2D eigenvalue weighted by atomic mass is 16.3. The molecule has 1 N–H and O–H groups in total. The summed E-state index contributed by atoms with van der Waals surface area (Å²) in [4.78, 5) is 13.7. The lowest BCUT2D eigenvalue weighted by Crippen LogP contribution is -2.53. The van der Waals surface area contributed by atoms with Crippen molar-refractivity contribution in [3.05, 3.63) is 35.1 Å². The Kier molecular flexibility index (Phi) is 2.82. The van der Waals surface area contributed by atoms with Crippen molar-refractivity contribution < 1.29 is 14.3 Å². The zero-order valence-corrected chi connectivity index (χ0v) is 11.1. The van der Waals surface area contributed by atoms with E-state index < -0.39 is 0 Å². The first-order valence-corrected chi connectivity index (χ1v) is 6.48. The van der Waals surface area contributed by atoms with Crippen molar-refractivity contribution in [3.63, 3.8) is 0 Å². The standard InChI is InChI=1S/C15H17NO3/c1-9-3-4-13-11(8-19-15(13)10(9)2)5-14(18)16-6-12(17)7-16/h3-4,8,12,17H,5-7H2,1-2H3. The lowest BCUT2D eigenvalue weighted by atomic mass is 10.0. The second-order valence-electron chi connectivity index (χ2n) is 5.27. The van der Waals surface area contributed by atoms with Crippen LogP contribution in [0.25, 0.3) is 11.0 Å². The summed E-state index contributed by atoms with van der Waals surface area (Å²) in [6, 6.07) is 4.06. The molecule has 1 saturated heterocycles. The maximum absolute atomic E-state index is 12.0. The van der Waals surface area contributed by atoms with Gasteiger partial charge in [-0.2, -0.15) is 0 Å². The molecular weight excluding hydrogens is 242 g/mol. The Morgan fingerprint density at radius 2 is 2.16 bits per heavy atom. The van der Waals surface area contributed by atoms with Crippen LogP contribution in [0.15, 0.2) is 22.8 Å². The number of hydrogen-bond donors (Lipinski definition) is 1. The molecule has 0 aliphatic carbocycles. The molecule has 0 radical (unpaired) electrons. The Balaban J connectivity index is 1.86. The van der Waals surface area contributed by atoms with Crippen LogP contribution in [0, 0.1) is 13.8 Å². The van der Waals surface area contributed by atoms with Crippen LogP contribution in [0.2, 0.25) is 0 Å². The van der Waals surface area contributed by atoms with E-state index in [1.165, 1.54) is 5.56 Å². The first-order chi connectivity index (χ1) is 9.06. The van der Waals surface area contributed by atoms with E-state index in [4.69, 9.17) is 4.42 Å². The molecule has 1 aromatic heterocycles. The van der Waals surface area contributed by atoms with Crippen LogP contribution < -0.4 is 0 Å². The van der Waals surface area contributed by atoms with E-state index >= 15 is 0 Å². The van der Waals surface area contributed by atoms with Gasteiger partial charge in [0.15, 0.2) is 0 Å². The second-order valence-corrected chi connectivity index (χ2v) is 5.27. The predicted octanol–water partition coefficient (Wildman–Crippen LogP) is 1.80. The normalized spacial score (nSPS) is 15.8. The average Bonchev–Trinajstić information content (AvgIpc) is 2.74.